The molecule has 0 saturated heterocycles. The van der Waals surface area contributed by atoms with E-state index in [9.17, 15) is 0 Å². The first-order valence-corrected chi connectivity index (χ1v) is 6.46. The number of methoxy groups -OCH3 is 1. The van der Waals surface area contributed by atoms with Crippen LogP contribution in [0.2, 0.25) is 0 Å². The monoisotopic (exact) mass is 235 g/mol. The van der Waals surface area contributed by atoms with E-state index >= 15 is 0 Å². The van der Waals surface area contributed by atoms with Crippen LogP contribution in [0, 0.1) is 13.8 Å². The Balaban J connectivity index is 2.76. The highest BCUT2D eigenvalue weighted by atomic mass is 16.5. The van der Waals surface area contributed by atoms with Crippen molar-refractivity contribution >= 4 is 0 Å². The zero-order chi connectivity index (χ0) is 12.8. The molecule has 1 aromatic rings. The van der Waals surface area contributed by atoms with E-state index in [1.54, 1.807) is 7.11 Å². The number of ether oxygens (including phenoxy) is 1. The van der Waals surface area contributed by atoms with Crippen LogP contribution in [0.25, 0.3) is 0 Å². The van der Waals surface area contributed by atoms with Gasteiger partial charge >= 0.3 is 0 Å². The molecule has 0 radical (unpaired) electrons. The van der Waals surface area contributed by atoms with E-state index in [0.29, 0.717) is 6.04 Å². The highest BCUT2D eigenvalue weighted by Gasteiger charge is 2.09. The molecule has 0 aliphatic heterocycles. The van der Waals surface area contributed by atoms with Gasteiger partial charge in [-0.2, -0.15) is 0 Å². The Labute approximate surface area is 105 Å². The van der Waals surface area contributed by atoms with Crippen molar-refractivity contribution in [2.45, 2.75) is 46.6 Å². The molecule has 0 aliphatic rings. The fraction of sp³-hybridized carbons (Fsp3) is 0.600. The van der Waals surface area contributed by atoms with Crippen LogP contribution in [0.3, 0.4) is 0 Å². The molecule has 0 bridgehead atoms. The third kappa shape index (κ3) is 4.04. The van der Waals surface area contributed by atoms with Gasteiger partial charge in [-0.3, -0.25) is 0 Å². The normalized spacial score (nSPS) is 12.5. The largest absolute Gasteiger partial charge is 0.496 e. The van der Waals surface area contributed by atoms with Crippen molar-refractivity contribution in [1.29, 1.82) is 0 Å². The highest BCUT2D eigenvalue weighted by molar-refractivity contribution is 5.43. The SMILES string of the molecule is CCNC(C)CCc1c(C)cc(C)cc1OC. The quantitative estimate of drug-likeness (QED) is 0.817. The maximum Gasteiger partial charge on any atom is 0.122 e. The highest BCUT2D eigenvalue weighted by Crippen LogP contribution is 2.25. The smallest absolute Gasteiger partial charge is 0.122 e. The third-order valence-corrected chi connectivity index (χ3v) is 3.18. The van der Waals surface area contributed by atoms with Crippen molar-refractivity contribution < 1.29 is 4.74 Å². The van der Waals surface area contributed by atoms with Gasteiger partial charge in [0.2, 0.25) is 0 Å². The summed E-state index contributed by atoms with van der Waals surface area (Å²) in [6.07, 6.45) is 2.22. The number of rotatable bonds is 6. The first-order valence-electron chi connectivity index (χ1n) is 6.46. The lowest BCUT2D eigenvalue weighted by Crippen LogP contribution is -2.26. The molecule has 0 heterocycles. The van der Waals surface area contributed by atoms with Gasteiger partial charge in [0, 0.05) is 6.04 Å². The Hall–Kier alpha value is -1.02. The van der Waals surface area contributed by atoms with E-state index < -0.39 is 0 Å². The molecule has 0 fully saturated rings. The Morgan fingerprint density at radius 3 is 2.59 bits per heavy atom. The van der Waals surface area contributed by atoms with E-state index in [0.717, 1.165) is 25.1 Å². The van der Waals surface area contributed by atoms with E-state index in [2.05, 4.69) is 45.1 Å². The van der Waals surface area contributed by atoms with Crippen molar-refractivity contribution in [3.63, 3.8) is 0 Å². The summed E-state index contributed by atoms with van der Waals surface area (Å²) < 4.78 is 5.48. The first kappa shape index (κ1) is 14.0. The van der Waals surface area contributed by atoms with Crippen molar-refractivity contribution in [3.8, 4) is 5.75 Å². The van der Waals surface area contributed by atoms with Gasteiger partial charge in [-0.15, -0.1) is 0 Å². The van der Waals surface area contributed by atoms with Crippen molar-refractivity contribution in [3.05, 3.63) is 28.8 Å². The second-order valence-electron chi connectivity index (χ2n) is 4.76. The van der Waals surface area contributed by atoms with Gasteiger partial charge in [0.1, 0.15) is 5.75 Å². The van der Waals surface area contributed by atoms with Crippen molar-refractivity contribution in [2.75, 3.05) is 13.7 Å². The fourth-order valence-corrected chi connectivity index (χ4v) is 2.27. The summed E-state index contributed by atoms with van der Waals surface area (Å²) in [6, 6.07) is 4.92. The summed E-state index contributed by atoms with van der Waals surface area (Å²) in [4.78, 5) is 0. The molecule has 0 amide bonds. The van der Waals surface area contributed by atoms with Crippen molar-refractivity contribution in [1.82, 2.24) is 5.32 Å². The molecular formula is C15H25NO. The van der Waals surface area contributed by atoms with Gasteiger partial charge in [-0.05, 0) is 62.9 Å². The lowest BCUT2D eigenvalue weighted by atomic mass is 9.98. The van der Waals surface area contributed by atoms with Crippen molar-refractivity contribution in [2.24, 2.45) is 0 Å². The molecule has 0 aliphatic carbocycles. The Kier molecular flexibility index (Phi) is 5.49. The third-order valence-electron chi connectivity index (χ3n) is 3.18. The second kappa shape index (κ2) is 6.65. The molecular weight excluding hydrogens is 210 g/mol. The topological polar surface area (TPSA) is 21.3 Å². The zero-order valence-corrected chi connectivity index (χ0v) is 11.8. The van der Waals surface area contributed by atoms with E-state index in [1.807, 2.05) is 0 Å². The van der Waals surface area contributed by atoms with Crippen LogP contribution in [-0.2, 0) is 6.42 Å². The van der Waals surface area contributed by atoms with Gasteiger partial charge in [-0.1, -0.05) is 13.0 Å². The summed E-state index contributed by atoms with van der Waals surface area (Å²) in [5.41, 5.74) is 3.95. The summed E-state index contributed by atoms with van der Waals surface area (Å²) in [7, 11) is 1.76. The number of benzene rings is 1. The van der Waals surface area contributed by atoms with Crippen LogP contribution in [-0.4, -0.2) is 19.7 Å². The minimum absolute atomic E-state index is 0.561. The van der Waals surface area contributed by atoms with Gasteiger partial charge < -0.3 is 10.1 Å². The van der Waals surface area contributed by atoms with Crippen LogP contribution in [0.5, 0.6) is 5.75 Å². The summed E-state index contributed by atoms with van der Waals surface area (Å²) in [6.45, 7) is 9.70. The minimum atomic E-state index is 0.561. The molecule has 1 atom stereocenters. The van der Waals surface area contributed by atoms with Gasteiger partial charge in [-0.25, -0.2) is 0 Å². The lowest BCUT2D eigenvalue weighted by molar-refractivity contribution is 0.406. The van der Waals surface area contributed by atoms with E-state index in [-0.39, 0.29) is 0 Å². The molecule has 96 valence electrons. The number of hydrogen-bond acceptors (Lipinski definition) is 2. The average Bonchev–Trinajstić information content (AvgIpc) is 2.27. The maximum atomic E-state index is 5.48. The number of hydrogen-bond donors (Lipinski definition) is 1. The molecule has 2 heteroatoms. The van der Waals surface area contributed by atoms with E-state index in [4.69, 9.17) is 4.74 Å². The van der Waals surface area contributed by atoms with Crippen LogP contribution in [0.15, 0.2) is 12.1 Å². The molecule has 1 N–H and O–H groups in total. The Morgan fingerprint density at radius 1 is 1.29 bits per heavy atom. The Morgan fingerprint density at radius 2 is 2.00 bits per heavy atom. The molecule has 2 nitrogen and oxygen atoms in total. The number of nitrogens with one attached hydrogen (secondary N) is 1. The molecule has 0 saturated carbocycles. The van der Waals surface area contributed by atoms with Crippen LogP contribution in [0.4, 0.5) is 0 Å². The van der Waals surface area contributed by atoms with Crippen LogP contribution < -0.4 is 10.1 Å². The summed E-state index contributed by atoms with van der Waals surface area (Å²) in [5.74, 6) is 1.03. The molecule has 17 heavy (non-hydrogen) atoms. The van der Waals surface area contributed by atoms with Crippen LogP contribution >= 0.6 is 0 Å². The second-order valence-corrected chi connectivity index (χ2v) is 4.76. The Bertz CT molecular complexity index is 360. The van der Waals surface area contributed by atoms with E-state index in [1.165, 1.54) is 16.7 Å². The fourth-order valence-electron chi connectivity index (χ4n) is 2.27. The standard InChI is InChI=1S/C15H25NO/c1-6-16-13(4)7-8-14-12(3)9-11(2)10-15(14)17-5/h9-10,13,16H,6-8H2,1-5H3. The van der Waals surface area contributed by atoms with Crippen LogP contribution in [0.1, 0.15) is 37.0 Å². The first-order chi connectivity index (χ1) is 8.08. The predicted molar refractivity (Wildman–Crippen MR) is 73.9 cm³/mol. The predicted octanol–water partition coefficient (Wildman–Crippen LogP) is 3.24. The summed E-state index contributed by atoms with van der Waals surface area (Å²) in [5, 5.41) is 3.44. The summed E-state index contributed by atoms with van der Waals surface area (Å²) >= 11 is 0. The zero-order valence-electron chi connectivity index (χ0n) is 11.8. The maximum absolute atomic E-state index is 5.48. The number of aryl methyl sites for hydroxylation is 2. The van der Waals surface area contributed by atoms with Gasteiger partial charge in [0.25, 0.3) is 0 Å². The molecule has 1 unspecified atom stereocenters. The minimum Gasteiger partial charge on any atom is -0.496 e. The molecule has 0 aromatic heterocycles. The lowest BCUT2D eigenvalue weighted by Gasteiger charge is -2.16. The average molecular weight is 235 g/mol. The van der Waals surface area contributed by atoms with Gasteiger partial charge in [0.15, 0.2) is 0 Å². The molecule has 1 aromatic carbocycles. The molecule has 0 spiro atoms. The van der Waals surface area contributed by atoms with Gasteiger partial charge in [0.05, 0.1) is 7.11 Å². The molecule has 1 rings (SSSR count).